The number of pyridine rings is 1. The average Bonchev–Trinajstić information content (AvgIpc) is 3.49. The minimum absolute atomic E-state index is 0.0697. The van der Waals surface area contributed by atoms with Crippen LogP contribution in [0.15, 0.2) is 42.5 Å². The molecule has 0 spiro atoms. The van der Waals surface area contributed by atoms with Crippen LogP contribution in [0.1, 0.15) is 50.5 Å². The van der Waals surface area contributed by atoms with Gasteiger partial charge in [-0.25, -0.2) is 4.98 Å². The molecule has 1 saturated heterocycles. The van der Waals surface area contributed by atoms with E-state index in [4.69, 9.17) is 23.9 Å². The molecule has 7 nitrogen and oxygen atoms in total. The fourth-order valence-corrected chi connectivity index (χ4v) is 5.87. The second kappa shape index (κ2) is 12.0. The number of fused-ring (bicyclic) bond motifs is 1. The topological polar surface area (TPSA) is 70.1 Å². The van der Waals surface area contributed by atoms with Gasteiger partial charge < -0.3 is 23.8 Å². The van der Waals surface area contributed by atoms with Crippen LogP contribution in [0.2, 0.25) is 0 Å². The molecule has 7 heteroatoms. The summed E-state index contributed by atoms with van der Waals surface area (Å²) in [6, 6.07) is 13.7. The average molecular weight is 519 g/mol. The lowest BCUT2D eigenvalue weighted by molar-refractivity contribution is -0.138. The third-order valence-electron chi connectivity index (χ3n) is 7.86. The van der Waals surface area contributed by atoms with Crippen molar-refractivity contribution < 1.29 is 23.7 Å². The number of hydrogen-bond donors (Lipinski definition) is 0. The minimum Gasteiger partial charge on any atom is -0.496 e. The molecular weight excluding hydrogens is 480 g/mol. The number of carbonyl (C=O) groups is 1. The van der Waals surface area contributed by atoms with Gasteiger partial charge in [0, 0.05) is 36.6 Å². The Labute approximate surface area is 225 Å². The van der Waals surface area contributed by atoms with E-state index in [-0.39, 0.29) is 17.9 Å². The van der Waals surface area contributed by atoms with Gasteiger partial charge in [-0.05, 0) is 61.6 Å². The largest absolute Gasteiger partial charge is 0.496 e. The van der Waals surface area contributed by atoms with Gasteiger partial charge in [0.15, 0.2) is 0 Å². The predicted molar refractivity (Wildman–Crippen MR) is 148 cm³/mol. The normalized spacial score (nSPS) is 17.9. The van der Waals surface area contributed by atoms with Gasteiger partial charge in [0.1, 0.15) is 22.8 Å². The van der Waals surface area contributed by atoms with Crippen LogP contribution < -0.4 is 14.2 Å². The number of methoxy groups -OCH3 is 3. The number of nitrogens with zero attached hydrogens (tertiary/aromatic N) is 2. The van der Waals surface area contributed by atoms with Crippen LogP contribution in [-0.4, -0.2) is 56.4 Å². The van der Waals surface area contributed by atoms with Crippen molar-refractivity contribution in [3.8, 4) is 28.5 Å². The molecule has 1 aliphatic carbocycles. The van der Waals surface area contributed by atoms with Gasteiger partial charge in [-0.1, -0.05) is 31.4 Å². The zero-order valence-electron chi connectivity index (χ0n) is 22.7. The van der Waals surface area contributed by atoms with Gasteiger partial charge in [-0.3, -0.25) is 4.79 Å². The summed E-state index contributed by atoms with van der Waals surface area (Å²) in [5.74, 6) is 2.40. The molecule has 38 heavy (non-hydrogen) atoms. The first-order valence-corrected chi connectivity index (χ1v) is 13.7. The summed E-state index contributed by atoms with van der Waals surface area (Å²) in [4.78, 5) is 21.1. The highest BCUT2D eigenvalue weighted by Crippen LogP contribution is 2.39. The van der Waals surface area contributed by atoms with Crippen molar-refractivity contribution in [2.75, 3.05) is 34.5 Å². The molecule has 2 aromatic carbocycles. The number of hydrogen-bond acceptors (Lipinski definition) is 6. The lowest BCUT2D eigenvalue weighted by Gasteiger charge is -2.31. The van der Waals surface area contributed by atoms with Crippen molar-refractivity contribution in [1.29, 1.82) is 0 Å². The number of amides is 1. The van der Waals surface area contributed by atoms with E-state index in [1.54, 1.807) is 21.3 Å². The van der Waals surface area contributed by atoms with Gasteiger partial charge in [0.25, 0.3) is 0 Å². The summed E-state index contributed by atoms with van der Waals surface area (Å²) < 4.78 is 23.1. The number of benzene rings is 2. The van der Waals surface area contributed by atoms with Gasteiger partial charge >= 0.3 is 0 Å². The molecule has 1 aromatic heterocycles. The summed E-state index contributed by atoms with van der Waals surface area (Å²) in [6.07, 6.45) is 7.45. The van der Waals surface area contributed by atoms with Crippen LogP contribution in [-0.2, 0) is 16.1 Å². The Morgan fingerprint density at radius 2 is 1.66 bits per heavy atom. The number of para-hydroxylation sites is 1. The molecule has 2 heterocycles. The standard InChI is InChI=1S/C31H38N2O5/c1-35-26-14-8-7-13-24(26)29-22(18-25-27(36-2)15-16-28(37-3)30(25)32-29)19-33(20-23-12-9-17-38-23)31(34)21-10-5-4-6-11-21/h7-8,13-16,18,21,23H,4-6,9-12,17,19-20H2,1-3H3/t23-/m1/s1. The second-order valence-electron chi connectivity index (χ2n) is 10.3. The van der Waals surface area contributed by atoms with Crippen LogP contribution in [0.5, 0.6) is 17.2 Å². The molecule has 1 saturated carbocycles. The first kappa shape index (κ1) is 26.3. The zero-order valence-corrected chi connectivity index (χ0v) is 22.7. The van der Waals surface area contributed by atoms with E-state index in [2.05, 4.69) is 6.07 Å². The third-order valence-corrected chi connectivity index (χ3v) is 7.86. The molecule has 5 rings (SSSR count). The highest BCUT2D eigenvalue weighted by Gasteiger charge is 2.30. The Morgan fingerprint density at radius 1 is 0.921 bits per heavy atom. The van der Waals surface area contributed by atoms with Gasteiger partial charge in [0.2, 0.25) is 5.91 Å². The maximum atomic E-state index is 13.9. The molecule has 1 aliphatic heterocycles. The van der Waals surface area contributed by atoms with E-state index >= 15 is 0 Å². The second-order valence-corrected chi connectivity index (χ2v) is 10.3. The van der Waals surface area contributed by atoms with Gasteiger partial charge in [-0.15, -0.1) is 0 Å². The minimum atomic E-state index is 0.0697. The summed E-state index contributed by atoms with van der Waals surface area (Å²) >= 11 is 0. The van der Waals surface area contributed by atoms with Gasteiger partial charge in [-0.2, -0.15) is 0 Å². The fraction of sp³-hybridized carbons (Fsp3) is 0.484. The van der Waals surface area contributed by atoms with Crippen molar-refractivity contribution in [3.63, 3.8) is 0 Å². The molecule has 0 radical (unpaired) electrons. The smallest absolute Gasteiger partial charge is 0.226 e. The number of aromatic nitrogens is 1. The molecule has 3 aromatic rings. The highest BCUT2D eigenvalue weighted by atomic mass is 16.5. The first-order valence-electron chi connectivity index (χ1n) is 13.7. The Bertz CT molecular complexity index is 1260. The molecule has 202 valence electrons. The van der Waals surface area contributed by atoms with Crippen LogP contribution in [0.4, 0.5) is 0 Å². The Morgan fingerprint density at radius 3 is 2.37 bits per heavy atom. The monoisotopic (exact) mass is 518 g/mol. The Hall–Kier alpha value is -3.32. The van der Waals surface area contributed by atoms with Crippen molar-refractivity contribution in [1.82, 2.24) is 9.88 Å². The summed E-state index contributed by atoms with van der Waals surface area (Å²) in [6.45, 7) is 1.79. The van der Waals surface area contributed by atoms with E-state index in [1.807, 2.05) is 41.3 Å². The van der Waals surface area contributed by atoms with Crippen molar-refractivity contribution >= 4 is 16.8 Å². The SMILES string of the molecule is COc1ccccc1-c1nc2c(OC)ccc(OC)c2cc1CN(C[C@H]1CCCO1)C(=O)C1CCCCC1. The third kappa shape index (κ3) is 5.44. The molecule has 1 amide bonds. The van der Waals surface area contributed by atoms with E-state index in [9.17, 15) is 4.79 Å². The van der Waals surface area contributed by atoms with Crippen molar-refractivity contribution in [2.24, 2.45) is 5.92 Å². The lowest BCUT2D eigenvalue weighted by atomic mass is 9.88. The Balaban J connectivity index is 1.63. The molecule has 2 aliphatic rings. The maximum absolute atomic E-state index is 13.9. The van der Waals surface area contributed by atoms with Crippen molar-refractivity contribution in [2.45, 2.75) is 57.6 Å². The molecule has 0 bridgehead atoms. The van der Waals surface area contributed by atoms with E-state index in [1.165, 1.54) is 6.42 Å². The Kier molecular flexibility index (Phi) is 8.32. The van der Waals surface area contributed by atoms with Crippen LogP contribution >= 0.6 is 0 Å². The fourth-order valence-electron chi connectivity index (χ4n) is 5.87. The maximum Gasteiger partial charge on any atom is 0.226 e. The predicted octanol–water partition coefficient (Wildman–Crippen LogP) is 6.02. The zero-order chi connectivity index (χ0) is 26.5. The lowest BCUT2D eigenvalue weighted by Crippen LogP contribution is -2.41. The van der Waals surface area contributed by atoms with Crippen LogP contribution in [0, 0.1) is 5.92 Å². The number of rotatable bonds is 9. The summed E-state index contributed by atoms with van der Waals surface area (Å²) in [7, 11) is 4.97. The van der Waals surface area contributed by atoms with Gasteiger partial charge in [0.05, 0.1) is 33.1 Å². The molecule has 1 atom stereocenters. The molecular formula is C31H38N2O5. The summed E-state index contributed by atoms with van der Waals surface area (Å²) in [5.41, 5.74) is 3.30. The quantitative estimate of drug-likeness (QED) is 0.345. The van der Waals surface area contributed by atoms with E-state index in [0.717, 1.165) is 73.1 Å². The molecule has 2 fully saturated rings. The van der Waals surface area contributed by atoms with E-state index < -0.39 is 0 Å². The van der Waals surface area contributed by atoms with Crippen molar-refractivity contribution in [3.05, 3.63) is 48.0 Å². The molecule has 0 unspecified atom stereocenters. The van der Waals surface area contributed by atoms with Crippen LogP contribution in [0.25, 0.3) is 22.2 Å². The first-order chi connectivity index (χ1) is 18.6. The number of carbonyl (C=O) groups excluding carboxylic acids is 1. The van der Waals surface area contributed by atoms with E-state index in [0.29, 0.717) is 30.1 Å². The highest BCUT2D eigenvalue weighted by molar-refractivity contribution is 5.93. The van der Waals surface area contributed by atoms with Crippen LogP contribution in [0.3, 0.4) is 0 Å². The summed E-state index contributed by atoms with van der Waals surface area (Å²) in [5, 5.41) is 0.850. The molecule has 0 N–H and O–H groups in total. The number of ether oxygens (including phenoxy) is 4.